The van der Waals surface area contributed by atoms with Gasteiger partial charge in [-0.05, 0) is 24.3 Å². The standard InChI is InChI=1S/C19H16FNO6/c1-3-10-27-18-15(19(22)23)9-6-13(17(18)26-2)11-16(20)12-4-7-14(8-5-12)21(24)25/h3-9,11H,1,10H2,2H3,(H,22,23)/b16-11-. The number of carboxylic acids is 1. The largest absolute Gasteiger partial charge is 0.492 e. The number of nitro groups is 1. The topological polar surface area (TPSA) is 98.9 Å². The van der Waals surface area contributed by atoms with Gasteiger partial charge < -0.3 is 14.6 Å². The third-order valence-corrected chi connectivity index (χ3v) is 3.56. The first kappa shape index (κ1) is 19.6. The molecular weight excluding hydrogens is 357 g/mol. The number of hydrogen-bond donors (Lipinski definition) is 1. The van der Waals surface area contributed by atoms with Gasteiger partial charge in [0.05, 0.1) is 12.0 Å². The van der Waals surface area contributed by atoms with Crippen molar-refractivity contribution in [1.82, 2.24) is 0 Å². The number of hydrogen-bond acceptors (Lipinski definition) is 5. The fourth-order valence-electron chi connectivity index (χ4n) is 2.32. The summed E-state index contributed by atoms with van der Waals surface area (Å²) in [6, 6.07) is 7.58. The van der Waals surface area contributed by atoms with E-state index >= 15 is 0 Å². The number of carbonyl (C=O) groups is 1. The summed E-state index contributed by atoms with van der Waals surface area (Å²) in [6.07, 6.45) is 2.57. The van der Waals surface area contributed by atoms with E-state index < -0.39 is 16.7 Å². The Labute approximate surface area is 154 Å². The van der Waals surface area contributed by atoms with E-state index in [1.165, 1.54) is 49.6 Å². The van der Waals surface area contributed by atoms with Crippen LogP contribution in [0.2, 0.25) is 0 Å². The first-order valence-corrected chi connectivity index (χ1v) is 7.69. The molecule has 2 rings (SSSR count). The van der Waals surface area contributed by atoms with Crippen molar-refractivity contribution < 1.29 is 28.7 Å². The zero-order valence-corrected chi connectivity index (χ0v) is 14.3. The van der Waals surface area contributed by atoms with E-state index in [-0.39, 0.29) is 40.5 Å². The molecule has 0 unspecified atom stereocenters. The molecule has 0 aromatic heterocycles. The summed E-state index contributed by atoms with van der Waals surface area (Å²) in [5.41, 5.74) is 0.0765. The van der Waals surface area contributed by atoms with Crippen molar-refractivity contribution in [2.45, 2.75) is 0 Å². The van der Waals surface area contributed by atoms with E-state index in [0.29, 0.717) is 0 Å². The van der Waals surface area contributed by atoms with Crippen LogP contribution in [0, 0.1) is 10.1 Å². The Kier molecular flexibility index (Phi) is 6.27. The van der Waals surface area contributed by atoms with E-state index in [9.17, 15) is 24.4 Å². The van der Waals surface area contributed by atoms with E-state index in [2.05, 4.69) is 6.58 Å². The van der Waals surface area contributed by atoms with Gasteiger partial charge in [-0.1, -0.05) is 18.7 Å². The van der Waals surface area contributed by atoms with Crippen molar-refractivity contribution in [2.75, 3.05) is 13.7 Å². The highest BCUT2D eigenvalue weighted by Gasteiger charge is 2.20. The van der Waals surface area contributed by atoms with E-state index in [1.54, 1.807) is 0 Å². The van der Waals surface area contributed by atoms with Crippen LogP contribution in [-0.4, -0.2) is 29.7 Å². The maximum atomic E-state index is 14.6. The Balaban J connectivity index is 2.50. The lowest BCUT2D eigenvalue weighted by molar-refractivity contribution is -0.384. The fraction of sp³-hybridized carbons (Fsp3) is 0.105. The maximum absolute atomic E-state index is 14.6. The van der Waals surface area contributed by atoms with Crippen molar-refractivity contribution in [3.63, 3.8) is 0 Å². The number of nitro benzene ring substituents is 1. The molecule has 2 aromatic rings. The lowest BCUT2D eigenvalue weighted by Crippen LogP contribution is -2.06. The second-order valence-electron chi connectivity index (χ2n) is 5.27. The molecule has 140 valence electrons. The van der Waals surface area contributed by atoms with Gasteiger partial charge in [-0.2, -0.15) is 0 Å². The normalized spacial score (nSPS) is 11.0. The number of nitrogens with zero attached hydrogens (tertiary/aromatic N) is 1. The number of halogens is 1. The molecule has 27 heavy (non-hydrogen) atoms. The number of non-ortho nitro benzene ring substituents is 1. The second kappa shape index (κ2) is 8.61. The summed E-state index contributed by atoms with van der Waals surface area (Å²) in [5, 5.41) is 20.0. The van der Waals surface area contributed by atoms with Crippen LogP contribution in [0.5, 0.6) is 11.5 Å². The molecule has 1 N–H and O–H groups in total. The van der Waals surface area contributed by atoms with E-state index in [0.717, 1.165) is 6.08 Å². The summed E-state index contributed by atoms with van der Waals surface area (Å²) in [5.74, 6) is -1.90. The van der Waals surface area contributed by atoms with Gasteiger partial charge >= 0.3 is 5.97 Å². The van der Waals surface area contributed by atoms with E-state index in [1.807, 2.05) is 0 Å². The molecule has 0 fully saturated rings. The highest BCUT2D eigenvalue weighted by Crippen LogP contribution is 2.37. The van der Waals surface area contributed by atoms with Gasteiger partial charge in [0.25, 0.3) is 5.69 Å². The molecule has 8 heteroatoms. The van der Waals surface area contributed by atoms with E-state index in [4.69, 9.17) is 9.47 Å². The molecule has 0 atom stereocenters. The zero-order valence-electron chi connectivity index (χ0n) is 14.3. The van der Waals surface area contributed by atoms with Gasteiger partial charge in [-0.15, -0.1) is 0 Å². The molecule has 0 amide bonds. The predicted molar refractivity (Wildman–Crippen MR) is 97.7 cm³/mol. The van der Waals surface area contributed by atoms with Crippen LogP contribution in [0.1, 0.15) is 21.5 Å². The number of rotatable bonds is 8. The van der Waals surface area contributed by atoms with Crippen molar-refractivity contribution >= 4 is 23.6 Å². The first-order valence-electron chi connectivity index (χ1n) is 7.69. The molecule has 0 bridgehead atoms. The van der Waals surface area contributed by atoms with Crippen LogP contribution >= 0.6 is 0 Å². The smallest absolute Gasteiger partial charge is 0.339 e. The average molecular weight is 373 g/mol. The van der Waals surface area contributed by atoms with Gasteiger partial charge in [0.1, 0.15) is 18.0 Å². The first-order chi connectivity index (χ1) is 12.9. The molecule has 0 aliphatic rings. The Morgan fingerprint density at radius 3 is 2.44 bits per heavy atom. The summed E-state index contributed by atoms with van der Waals surface area (Å²) in [7, 11) is 1.31. The molecule has 0 aliphatic carbocycles. The van der Waals surface area contributed by atoms with Crippen LogP contribution in [0.3, 0.4) is 0 Å². The summed E-state index contributed by atoms with van der Waals surface area (Å²) in [4.78, 5) is 21.5. The fourth-order valence-corrected chi connectivity index (χ4v) is 2.32. The summed E-state index contributed by atoms with van der Waals surface area (Å²) in [6.45, 7) is 3.54. The Hall–Kier alpha value is -3.68. The van der Waals surface area contributed by atoms with Crippen LogP contribution in [-0.2, 0) is 0 Å². The van der Waals surface area contributed by atoms with Crippen molar-refractivity contribution in [3.05, 3.63) is 75.9 Å². The molecule has 0 radical (unpaired) electrons. The van der Waals surface area contributed by atoms with Crippen molar-refractivity contribution in [2.24, 2.45) is 0 Å². The predicted octanol–water partition coefficient (Wildman–Crippen LogP) is 4.33. The number of methoxy groups -OCH3 is 1. The van der Waals surface area contributed by atoms with Crippen molar-refractivity contribution in [1.29, 1.82) is 0 Å². The number of ether oxygens (including phenoxy) is 2. The molecule has 7 nitrogen and oxygen atoms in total. The number of carboxylic acid groups (broad SMARTS) is 1. The van der Waals surface area contributed by atoms with Gasteiger partial charge in [-0.25, -0.2) is 9.18 Å². The number of benzene rings is 2. The minimum Gasteiger partial charge on any atom is -0.492 e. The maximum Gasteiger partial charge on any atom is 0.339 e. The zero-order chi connectivity index (χ0) is 20.0. The lowest BCUT2D eigenvalue weighted by atomic mass is 10.1. The molecule has 0 heterocycles. The van der Waals surface area contributed by atoms with Gasteiger partial charge in [-0.3, -0.25) is 10.1 Å². The molecule has 0 saturated carbocycles. The molecule has 0 aliphatic heterocycles. The minimum absolute atomic E-state index is 0.0364. The highest BCUT2D eigenvalue weighted by atomic mass is 19.1. The summed E-state index contributed by atoms with van der Waals surface area (Å²) >= 11 is 0. The number of aromatic carboxylic acids is 1. The van der Waals surface area contributed by atoms with Crippen LogP contribution in [0.4, 0.5) is 10.1 Å². The molecule has 0 spiro atoms. The minimum atomic E-state index is -1.22. The Morgan fingerprint density at radius 2 is 1.93 bits per heavy atom. The van der Waals surface area contributed by atoms with Gasteiger partial charge in [0.2, 0.25) is 0 Å². The molecule has 0 saturated heterocycles. The summed E-state index contributed by atoms with van der Waals surface area (Å²) < 4.78 is 25.2. The Morgan fingerprint density at radius 1 is 1.26 bits per heavy atom. The third-order valence-electron chi connectivity index (χ3n) is 3.56. The van der Waals surface area contributed by atoms with Gasteiger partial charge in [0.15, 0.2) is 11.5 Å². The third kappa shape index (κ3) is 4.49. The second-order valence-corrected chi connectivity index (χ2v) is 5.27. The van der Waals surface area contributed by atoms with Crippen LogP contribution in [0.15, 0.2) is 49.1 Å². The average Bonchev–Trinajstić information content (AvgIpc) is 2.65. The lowest BCUT2D eigenvalue weighted by Gasteiger charge is -2.14. The molecular formula is C19H16FNO6. The quantitative estimate of drug-likeness (QED) is 0.320. The SMILES string of the molecule is C=CCOc1c(C(=O)O)ccc(/C=C(\F)c2ccc([N+](=O)[O-])cc2)c1OC. The van der Waals surface area contributed by atoms with Crippen molar-refractivity contribution in [3.8, 4) is 11.5 Å². The monoisotopic (exact) mass is 373 g/mol. The van der Waals surface area contributed by atoms with Crippen LogP contribution < -0.4 is 9.47 Å². The van der Waals surface area contributed by atoms with Crippen LogP contribution in [0.25, 0.3) is 11.9 Å². The molecule has 2 aromatic carbocycles. The highest BCUT2D eigenvalue weighted by molar-refractivity contribution is 5.93. The Bertz CT molecular complexity index is 905. The van der Waals surface area contributed by atoms with Gasteiger partial charge in [0, 0.05) is 23.3 Å².